The van der Waals surface area contributed by atoms with E-state index in [0.717, 1.165) is 12.8 Å². The van der Waals surface area contributed by atoms with Gasteiger partial charge < -0.3 is 0 Å². The van der Waals surface area contributed by atoms with Crippen molar-refractivity contribution in [2.24, 2.45) is 0 Å². The van der Waals surface area contributed by atoms with Gasteiger partial charge in [0.25, 0.3) is 0 Å². The molecule has 13 rings (SSSR count). The Morgan fingerprint density at radius 3 is 1.85 bits per heavy atom. The largest absolute Gasteiger partial charge is 0.0795 e. The summed E-state index contributed by atoms with van der Waals surface area (Å²) < 4.78 is 0. The molecule has 0 fully saturated rings. The van der Waals surface area contributed by atoms with Crippen LogP contribution in [0.25, 0.3) is 110 Å². The molecular formula is C59H40. The highest BCUT2D eigenvalue weighted by Crippen LogP contribution is 2.54. The van der Waals surface area contributed by atoms with Crippen LogP contribution < -0.4 is 0 Å². The first-order chi connectivity index (χ1) is 29.0. The second-order valence-corrected chi connectivity index (χ2v) is 17.5. The van der Waals surface area contributed by atoms with E-state index in [9.17, 15) is 0 Å². The molecule has 0 nitrogen and oxygen atoms in total. The smallest absolute Gasteiger partial charge is 0.0159 e. The van der Waals surface area contributed by atoms with E-state index in [1.807, 2.05) is 0 Å². The first kappa shape index (κ1) is 33.0. The Morgan fingerprint density at radius 1 is 0.407 bits per heavy atom. The van der Waals surface area contributed by atoms with E-state index in [4.69, 9.17) is 0 Å². The molecule has 0 bridgehead atoms. The zero-order valence-electron chi connectivity index (χ0n) is 33.2. The molecule has 0 atom stereocenters. The summed E-state index contributed by atoms with van der Waals surface area (Å²) in [6.07, 6.45) is 9.15. The molecule has 0 heterocycles. The van der Waals surface area contributed by atoms with Gasteiger partial charge in [0.2, 0.25) is 0 Å². The summed E-state index contributed by atoms with van der Waals surface area (Å²) in [7, 11) is 0. The SMILES string of the molecule is CC1(C)c2ccccc2-c2cc3c(-c4ccc5ccccc5c4)c4ccc(-c5cc6c7c8c(cccc58)CC=C7CC=C6)cc4c(-c4ccc5ccccc5c4)c3cc21. The molecule has 10 aromatic rings. The molecule has 0 radical (unpaired) electrons. The molecule has 0 aliphatic heterocycles. The highest BCUT2D eigenvalue weighted by molar-refractivity contribution is 6.24. The maximum absolute atomic E-state index is 2.57. The van der Waals surface area contributed by atoms with Gasteiger partial charge in [0.1, 0.15) is 0 Å². The van der Waals surface area contributed by atoms with Gasteiger partial charge in [0, 0.05) is 5.41 Å². The number of allylic oxidation sites excluding steroid dienone is 3. The predicted octanol–water partition coefficient (Wildman–Crippen LogP) is 16.1. The van der Waals surface area contributed by atoms with E-state index in [2.05, 4.69) is 196 Å². The van der Waals surface area contributed by atoms with Crippen LogP contribution in [0.2, 0.25) is 0 Å². The molecule has 0 unspecified atom stereocenters. The Morgan fingerprint density at radius 2 is 1.07 bits per heavy atom. The van der Waals surface area contributed by atoms with Crippen molar-refractivity contribution in [1.29, 1.82) is 0 Å². The predicted molar refractivity (Wildman–Crippen MR) is 253 cm³/mol. The second-order valence-electron chi connectivity index (χ2n) is 17.5. The van der Waals surface area contributed by atoms with Crippen LogP contribution in [0.3, 0.4) is 0 Å². The Bertz CT molecular complexity index is 3570. The molecule has 3 aliphatic carbocycles. The Labute approximate surface area is 344 Å². The van der Waals surface area contributed by atoms with Crippen LogP contribution in [-0.2, 0) is 11.8 Å². The lowest BCUT2D eigenvalue weighted by Crippen LogP contribution is -2.14. The van der Waals surface area contributed by atoms with Crippen molar-refractivity contribution >= 4 is 65.5 Å². The molecule has 0 saturated carbocycles. The summed E-state index contributed by atoms with van der Waals surface area (Å²) in [4.78, 5) is 0. The molecule has 10 aromatic carbocycles. The van der Waals surface area contributed by atoms with Crippen LogP contribution in [0.1, 0.15) is 48.1 Å². The molecule has 0 N–H and O–H groups in total. The van der Waals surface area contributed by atoms with Gasteiger partial charge in [-0.05, 0) is 181 Å². The molecule has 0 heteroatoms. The normalized spacial score (nSPS) is 14.6. The monoisotopic (exact) mass is 748 g/mol. The third-order valence-electron chi connectivity index (χ3n) is 14.0. The third-order valence-corrected chi connectivity index (χ3v) is 14.0. The zero-order chi connectivity index (χ0) is 39.0. The van der Waals surface area contributed by atoms with Crippen LogP contribution >= 0.6 is 0 Å². The topological polar surface area (TPSA) is 0 Å². The number of hydrogen-bond acceptors (Lipinski definition) is 0. The molecule has 0 saturated heterocycles. The summed E-state index contributed by atoms with van der Waals surface area (Å²) in [6, 6.07) is 62.6. The lowest BCUT2D eigenvalue weighted by Gasteiger charge is -2.26. The van der Waals surface area contributed by atoms with Crippen LogP contribution in [0.15, 0.2) is 176 Å². The van der Waals surface area contributed by atoms with Crippen molar-refractivity contribution < 1.29 is 0 Å². The van der Waals surface area contributed by atoms with Gasteiger partial charge in [0.05, 0.1) is 0 Å². The van der Waals surface area contributed by atoms with E-state index in [1.54, 1.807) is 0 Å². The van der Waals surface area contributed by atoms with E-state index < -0.39 is 0 Å². The van der Waals surface area contributed by atoms with Crippen molar-refractivity contribution in [2.75, 3.05) is 0 Å². The minimum absolute atomic E-state index is 0.133. The van der Waals surface area contributed by atoms with Gasteiger partial charge in [-0.2, -0.15) is 0 Å². The van der Waals surface area contributed by atoms with Gasteiger partial charge in [0.15, 0.2) is 0 Å². The lowest BCUT2D eigenvalue weighted by atomic mass is 9.78. The van der Waals surface area contributed by atoms with Gasteiger partial charge in [-0.25, -0.2) is 0 Å². The van der Waals surface area contributed by atoms with Crippen molar-refractivity contribution in [1.82, 2.24) is 0 Å². The number of fused-ring (bicyclic) bond motifs is 7. The Hall–Kier alpha value is -7.02. The van der Waals surface area contributed by atoms with Crippen molar-refractivity contribution in [2.45, 2.75) is 32.1 Å². The van der Waals surface area contributed by atoms with E-state index in [-0.39, 0.29) is 5.41 Å². The Kier molecular flexibility index (Phi) is 6.72. The highest BCUT2D eigenvalue weighted by Gasteiger charge is 2.36. The molecule has 0 amide bonds. The molecule has 59 heavy (non-hydrogen) atoms. The van der Waals surface area contributed by atoms with Gasteiger partial charge >= 0.3 is 0 Å². The van der Waals surface area contributed by atoms with Crippen LogP contribution in [0.5, 0.6) is 0 Å². The molecule has 276 valence electrons. The van der Waals surface area contributed by atoms with Gasteiger partial charge in [-0.15, -0.1) is 0 Å². The zero-order valence-corrected chi connectivity index (χ0v) is 33.2. The van der Waals surface area contributed by atoms with Crippen molar-refractivity contribution in [3.63, 3.8) is 0 Å². The molecule has 0 spiro atoms. The fraction of sp³-hybridized carbons (Fsp3) is 0.0847. The van der Waals surface area contributed by atoms with Crippen LogP contribution in [0.4, 0.5) is 0 Å². The average Bonchev–Trinajstić information content (AvgIpc) is 3.50. The second kappa shape index (κ2) is 12.0. The fourth-order valence-corrected chi connectivity index (χ4v) is 11.2. The van der Waals surface area contributed by atoms with E-state index in [1.165, 1.54) is 132 Å². The first-order valence-electron chi connectivity index (χ1n) is 21.1. The Balaban J connectivity index is 1.20. The number of hydrogen-bond donors (Lipinski definition) is 0. The summed E-state index contributed by atoms with van der Waals surface area (Å²) >= 11 is 0. The van der Waals surface area contributed by atoms with Gasteiger partial charge in [-0.3, -0.25) is 0 Å². The van der Waals surface area contributed by atoms with Crippen molar-refractivity contribution in [3.8, 4) is 44.5 Å². The maximum atomic E-state index is 2.57. The molecule has 3 aliphatic rings. The third kappa shape index (κ3) is 4.66. The summed E-state index contributed by atoms with van der Waals surface area (Å²) in [5, 5.41) is 13.0. The summed E-state index contributed by atoms with van der Waals surface area (Å²) in [5.41, 5.74) is 18.7. The van der Waals surface area contributed by atoms with E-state index >= 15 is 0 Å². The maximum Gasteiger partial charge on any atom is 0.0159 e. The summed E-state index contributed by atoms with van der Waals surface area (Å²) in [5.74, 6) is 0. The number of benzene rings is 10. The molecule has 0 aromatic heterocycles. The highest BCUT2D eigenvalue weighted by atomic mass is 14.4. The quantitative estimate of drug-likeness (QED) is 0.158. The number of rotatable bonds is 3. The summed E-state index contributed by atoms with van der Waals surface area (Å²) in [6.45, 7) is 4.81. The minimum Gasteiger partial charge on any atom is -0.0795 e. The average molecular weight is 749 g/mol. The van der Waals surface area contributed by atoms with Gasteiger partial charge in [-0.1, -0.05) is 159 Å². The van der Waals surface area contributed by atoms with Crippen LogP contribution in [0, 0.1) is 0 Å². The van der Waals surface area contributed by atoms with Crippen molar-refractivity contribution in [3.05, 3.63) is 204 Å². The van der Waals surface area contributed by atoms with E-state index in [0.29, 0.717) is 0 Å². The minimum atomic E-state index is -0.133. The molecular weight excluding hydrogens is 709 g/mol. The van der Waals surface area contributed by atoms with Crippen LogP contribution in [-0.4, -0.2) is 0 Å². The standard InChI is InChI=1S/C59H40/c1-59(2)53-20-8-7-18-45(53)49-33-51-52(34-54(49)59)57(44-26-22-36-12-4-6-14-40(36)30-44)50-31-41(27-28-47(50)56(51)43-25-21-35-11-3-5-13-39(35)29-43)48-32-42-17-9-15-37-23-24-38-16-10-19-46(48)58(38)55(37)42/h3-14,16-23,25-34H,15,24H2,1-2H3. The fourth-order valence-electron chi connectivity index (χ4n) is 11.2. The lowest BCUT2D eigenvalue weighted by molar-refractivity contribution is 0.661. The first-order valence-corrected chi connectivity index (χ1v) is 21.1.